The number of anilines is 1. The highest BCUT2D eigenvalue weighted by Gasteiger charge is 2.27. The highest BCUT2D eigenvalue weighted by atomic mass is 16.1. The molecule has 7 nitrogen and oxygen atoms in total. The highest BCUT2D eigenvalue weighted by molar-refractivity contribution is 5.79. The minimum Gasteiger partial charge on any atom is -0.356 e. The predicted octanol–water partition coefficient (Wildman–Crippen LogP) is 2.63. The zero-order valence-corrected chi connectivity index (χ0v) is 16.3. The third kappa shape index (κ3) is 4.14. The van der Waals surface area contributed by atoms with E-state index in [0.29, 0.717) is 12.5 Å². The summed E-state index contributed by atoms with van der Waals surface area (Å²) in [7, 11) is 0. The number of rotatable bonds is 6. The average molecular weight is 358 g/mol. The second-order valence-electron chi connectivity index (χ2n) is 7.93. The van der Waals surface area contributed by atoms with Crippen molar-refractivity contribution in [2.24, 2.45) is 11.8 Å². The number of piperidine rings is 1. The topological polar surface area (TPSA) is 75.4 Å². The minimum atomic E-state index is 0.0268. The van der Waals surface area contributed by atoms with Crippen LogP contribution in [0.1, 0.15) is 58.7 Å². The standard InChI is InChI=1S/C19H30N6O/c1-13(2)9-10-20-19(26)15-6-5-11-24(12-15)17-8-7-16-21-22-18(14(3)4)25(16)23-17/h7-8,13-15H,5-6,9-12H2,1-4H3,(H,20,26). The lowest BCUT2D eigenvalue weighted by Gasteiger charge is -2.32. The van der Waals surface area contributed by atoms with Crippen LogP contribution in [0.5, 0.6) is 0 Å². The first-order valence-electron chi connectivity index (χ1n) is 9.70. The van der Waals surface area contributed by atoms with Crippen LogP contribution in [0.3, 0.4) is 0 Å². The van der Waals surface area contributed by atoms with E-state index in [1.807, 2.05) is 16.6 Å². The van der Waals surface area contributed by atoms with Gasteiger partial charge in [-0.3, -0.25) is 4.79 Å². The third-order valence-corrected chi connectivity index (χ3v) is 4.93. The van der Waals surface area contributed by atoms with E-state index in [9.17, 15) is 4.79 Å². The summed E-state index contributed by atoms with van der Waals surface area (Å²) < 4.78 is 1.83. The van der Waals surface area contributed by atoms with Crippen LogP contribution in [0.15, 0.2) is 12.1 Å². The van der Waals surface area contributed by atoms with Gasteiger partial charge in [0, 0.05) is 25.6 Å². The van der Waals surface area contributed by atoms with Crippen molar-refractivity contribution in [2.45, 2.75) is 52.9 Å². The molecule has 1 fully saturated rings. The molecule has 1 N–H and O–H groups in total. The van der Waals surface area contributed by atoms with Gasteiger partial charge in [0.2, 0.25) is 5.91 Å². The van der Waals surface area contributed by atoms with Crippen molar-refractivity contribution < 1.29 is 4.79 Å². The summed E-state index contributed by atoms with van der Waals surface area (Å²) in [5, 5.41) is 16.3. The molecule has 1 aliphatic rings. The molecule has 0 aliphatic carbocycles. The fourth-order valence-electron chi connectivity index (χ4n) is 3.35. The normalized spacial score (nSPS) is 18.1. The van der Waals surface area contributed by atoms with Crippen molar-refractivity contribution in [3.8, 4) is 0 Å². The molecule has 26 heavy (non-hydrogen) atoms. The number of hydrogen-bond donors (Lipinski definition) is 1. The van der Waals surface area contributed by atoms with Gasteiger partial charge < -0.3 is 10.2 Å². The number of carbonyl (C=O) groups is 1. The van der Waals surface area contributed by atoms with E-state index >= 15 is 0 Å². The van der Waals surface area contributed by atoms with Gasteiger partial charge in [-0.1, -0.05) is 27.7 Å². The summed E-state index contributed by atoms with van der Waals surface area (Å²) in [6, 6.07) is 3.93. The van der Waals surface area contributed by atoms with E-state index in [-0.39, 0.29) is 17.7 Å². The Morgan fingerprint density at radius 2 is 2.08 bits per heavy atom. The summed E-state index contributed by atoms with van der Waals surface area (Å²) in [5.41, 5.74) is 0.762. The van der Waals surface area contributed by atoms with Gasteiger partial charge in [0.15, 0.2) is 11.5 Å². The van der Waals surface area contributed by atoms with Crippen LogP contribution in [-0.2, 0) is 4.79 Å². The maximum Gasteiger partial charge on any atom is 0.224 e. The van der Waals surface area contributed by atoms with Gasteiger partial charge in [0.1, 0.15) is 5.82 Å². The molecule has 7 heteroatoms. The first-order chi connectivity index (χ1) is 12.5. The Morgan fingerprint density at radius 1 is 1.27 bits per heavy atom. The SMILES string of the molecule is CC(C)CCNC(=O)C1CCCN(c2ccc3nnc(C(C)C)n3n2)C1. The summed E-state index contributed by atoms with van der Waals surface area (Å²) in [4.78, 5) is 14.7. The van der Waals surface area contributed by atoms with Crippen LogP contribution in [0.4, 0.5) is 5.82 Å². The second-order valence-corrected chi connectivity index (χ2v) is 7.93. The fourth-order valence-corrected chi connectivity index (χ4v) is 3.35. The number of carbonyl (C=O) groups excluding carboxylic acids is 1. The van der Waals surface area contributed by atoms with Gasteiger partial charge >= 0.3 is 0 Å². The van der Waals surface area contributed by atoms with Crippen molar-refractivity contribution >= 4 is 17.4 Å². The molecular formula is C19H30N6O. The Balaban J connectivity index is 1.70. The van der Waals surface area contributed by atoms with Crippen LogP contribution < -0.4 is 10.2 Å². The Hall–Kier alpha value is -2.18. The lowest BCUT2D eigenvalue weighted by Crippen LogP contribution is -2.43. The zero-order valence-electron chi connectivity index (χ0n) is 16.3. The smallest absolute Gasteiger partial charge is 0.224 e. The van der Waals surface area contributed by atoms with E-state index in [4.69, 9.17) is 5.10 Å². The fraction of sp³-hybridized carbons (Fsp3) is 0.684. The summed E-state index contributed by atoms with van der Waals surface area (Å²) in [6.45, 7) is 10.9. The van der Waals surface area contributed by atoms with Gasteiger partial charge in [-0.25, -0.2) is 0 Å². The maximum atomic E-state index is 12.5. The second kappa shape index (κ2) is 8.01. The Kier molecular flexibility index (Phi) is 5.74. The van der Waals surface area contributed by atoms with Crippen molar-refractivity contribution in [2.75, 3.05) is 24.5 Å². The summed E-state index contributed by atoms with van der Waals surface area (Å²) in [5.74, 6) is 2.81. The first kappa shape index (κ1) is 18.6. The van der Waals surface area contributed by atoms with E-state index in [1.165, 1.54) is 0 Å². The molecule has 142 valence electrons. The lowest BCUT2D eigenvalue weighted by molar-refractivity contribution is -0.125. The summed E-state index contributed by atoms with van der Waals surface area (Å²) in [6.07, 6.45) is 2.96. The molecule has 3 rings (SSSR count). The van der Waals surface area contributed by atoms with Gasteiger partial charge in [0.25, 0.3) is 0 Å². The van der Waals surface area contributed by atoms with E-state index in [1.54, 1.807) is 0 Å². The molecule has 2 aromatic heterocycles. The lowest BCUT2D eigenvalue weighted by atomic mass is 9.97. The molecule has 0 saturated carbocycles. The van der Waals surface area contributed by atoms with Crippen LogP contribution in [-0.4, -0.2) is 45.4 Å². The van der Waals surface area contributed by atoms with Crippen molar-refractivity contribution in [3.05, 3.63) is 18.0 Å². The van der Waals surface area contributed by atoms with Crippen LogP contribution in [0, 0.1) is 11.8 Å². The van der Waals surface area contributed by atoms with Crippen LogP contribution in [0.25, 0.3) is 5.65 Å². The van der Waals surface area contributed by atoms with Crippen molar-refractivity contribution in [1.82, 2.24) is 25.1 Å². The quantitative estimate of drug-likeness (QED) is 0.859. The monoisotopic (exact) mass is 358 g/mol. The van der Waals surface area contributed by atoms with Crippen LogP contribution in [0.2, 0.25) is 0 Å². The van der Waals surface area contributed by atoms with Crippen LogP contribution >= 0.6 is 0 Å². The molecule has 0 bridgehead atoms. The van der Waals surface area contributed by atoms with Gasteiger partial charge in [-0.05, 0) is 37.3 Å². The Bertz CT molecular complexity index is 754. The van der Waals surface area contributed by atoms with Gasteiger partial charge in [-0.15, -0.1) is 15.3 Å². The number of nitrogens with zero attached hydrogens (tertiary/aromatic N) is 5. The zero-order chi connectivity index (χ0) is 18.7. The van der Waals surface area contributed by atoms with Crippen molar-refractivity contribution in [1.29, 1.82) is 0 Å². The maximum absolute atomic E-state index is 12.5. The van der Waals surface area contributed by atoms with E-state index in [0.717, 1.165) is 49.6 Å². The first-order valence-corrected chi connectivity index (χ1v) is 9.70. The molecule has 1 saturated heterocycles. The molecule has 0 aromatic carbocycles. The predicted molar refractivity (Wildman–Crippen MR) is 102 cm³/mol. The molecule has 1 aliphatic heterocycles. The minimum absolute atomic E-state index is 0.0268. The molecule has 0 radical (unpaired) electrons. The molecule has 0 spiro atoms. The van der Waals surface area contributed by atoms with Crippen molar-refractivity contribution in [3.63, 3.8) is 0 Å². The average Bonchev–Trinajstić information content (AvgIpc) is 3.04. The highest BCUT2D eigenvalue weighted by Crippen LogP contribution is 2.23. The van der Waals surface area contributed by atoms with E-state index < -0.39 is 0 Å². The Labute approximate surface area is 155 Å². The largest absolute Gasteiger partial charge is 0.356 e. The molecule has 1 unspecified atom stereocenters. The molecule has 1 amide bonds. The number of hydrogen-bond acceptors (Lipinski definition) is 5. The molecular weight excluding hydrogens is 328 g/mol. The number of amides is 1. The molecule has 1 atom stereocenters. The van der Waals surface area contributed by atoms with Gasteiger partial charge in [0.05, 0.1) is 5.92 Å². The third-order valence-electron chi connectivity index (χ3n) is 4.93. The van der Waals surface area contributed by atoms with E-state index in [2.05, 4.69) is 48.1 Å². The Morgan fingerprint density at radius 3 is 2.81 bits per heavy atom. The van der Waals surface area contributed by atoms with Gasteiger partial charge in [-0.2, -0.15) is 4.52 Å². The number of nitrogens with one attached hydrogen (secondary N) is 1. The number of fused-ring (bicyclic) bond motifs is 1. The summed E-state index contributed by atoms with van der Waals surface area (Å²) >= 11 is 0. The molecule has 3 heterocycles. The molecule has 2 aromatic rings. The number of aromatic nitrogens is 4.